The highest BCUT2D eigenvalue weighted by molar-refractivity contribution is 6.73. The Kier molecular flexibility index (Phi) is 8.37. The summed E-state index contributed by atoms with van der Waals surface area (Å²) in [4.78, 5) is 12.8. The molecule has 0 unspecified atom stereocenters. The van der Waals surface area contributed by atoms with Gasteiger partial charge in [0.2, 0.25) is 0 Å². The zero-order chi connectivity index (χ0) is 26.9. The summed E-state index contributed by atoms with van der Waals surface area (Å²) in [7, 11) is -2.38. The number of aromatic nitrogens is 3. The average molecular weight is 539 g/mol. The molecule has 36 heavy (non-hydrogen) atoms. The maximum atomic E-state index is 15.9. The molecule has 2 aromatic heterocycles. The second kappa shape index (κ2) is 10.6. The molecule has 10 heteroatoms. The Morgan fingerprint density at radius 3 is 2.36 bits per heavy atom. The molecular formula is C26H34ClF3N4OSi. The molecular weight excluding hydrogens is 505 g/mol. The van der Waals surface area contributed by atoms with Gasteiger partial charge < -0.3 is 9.74 Å². The third-order valence-electron chi connectivity index (χ3n) is 7.01. The summed E-state index contributed by atoms with van der Waals surface area (Å²) in [6, 6.07) is 7.16. The lowest BCUT2D eigenvalue weighted by molar-refractivity contribution is -0.161. The number of nitrogens with one attached hydrogen (secondary N) is 1. The number of pyridine rings is 1. The Balaban J connectivity index is 1.99. The average Bonchev–Trinajstić information content (AvgIpc) is 2.82. The number of rotatable bonds is 10. The first-order valence-corrected chi connectivity index (χ1v) is 15.1. The van der Waals surface area contributed by atoms with Crippen molar-refractivity contribution in [3.05, 3.63) is 58.4 Å². The predicted molar refractivity (Wildman–Crippen MR) is 142 cm³/mol. The number of alkyl halides is 2. The minimum absolute atomic E-state index is 0.0949. The highest BCUT2D eigenvalue weighted by Gasteiger charge is 2.54. The second-order valence-corrected chi connectivity index (χ2v) is 14.7. The summed E-state index contributed by atoms with van der Waals surface area (Å²) in [5, 5.41) is 4.00. The minimum Gasteiger partial charge on any atom is -0.405 e. The van der Waals surface area contributed by atoms with E-state index in [1.54, 1.807) is 19.9 Å². The van der Waals surface area contributed by atoms with Gasteiger partial charge in [0.1, 0.15) is 28.2 Å². The van der Waals surface area contributed by atoms with Gasteiger partial charge in [-0.15, -0.1) is 0 Å². The lowest BCUT2D eigenvalue weighted by Gasteiger charge is -2.42. The number of benzene rings is 1. The molecule has 3 rings (SSSR count). The predicted octanol–water partition coefficient (Wildman–Crippen LogP) is 8.19. The van der Waals surface area contributed by atoms with E-state index in [-0.39, 0.29) is 10.7 Å². The van der Waals surface area contributed by atoms with Gasteiger partial charge in [0, 0.05) is 10.9 Å². The molecule has 0 aliphatic rings. The maximum absolute atomic E-state index is 15.9. The van der Waals surface area contributed by atoms with Crippen molar-refractivity contribution in [2.45, 2.75) is 84.2 Å². The van der Waals surface area contributed by atoms with E-state index < -0.39 is 37.3 Å². The molecule has 1 atom stereocenters. The maximum Gasteiger partial charge on any atom is 0.302 e. The Labute approximate surface area is 217 Å². The zero-order valence-electron chi connectivity index (χ0n) is 21.8. The summed E-state index contributed by atoms with van der Waals surface area (Å²) in [5.41, 5.74) is -1.89. The normalized spacial score (nSPS) is 13.8. The third-order valence-corrected chi connectivity index (χ3v) is 12.0. The van der Waals surface area contributed by atoms with Crippen molar-refractivity contribution in [2.24, 2.45) is 0 Å². The smallest absolute Gasteiger partial charge is 0.302 e. The minimum atomic E-state index is -3.55. The lowest BCUT2D eigenvalue weighted by atomic mass is 9.91. The van der Waals surface area contributed by atoms with E-state index in [9.17, 15) is 0 Å². The number of hydrogen-bond donors (Lipinski definition) is 1. The molecule has 0 amide bonds. The first-order valence-electron chi connectivity index (χ1n) is 12.2. The second-order valence-electron chi connectivity index (χ2n) is 9.65. The van der Waals surface area contributed by atoms with Crippen molar-refractivity contribution in [3.8, 4) is 0 Å². The van der Waals surface area contributed by atoms with Crippen LogP contribution in [-0.2, 0) is 10.3 Å². The molecule has 0 fully saturated rings. The topological polar surface area (TPSA) is 59.9 Å². The van der Waals surface area contributed by atoms with Gasteiger partial charge in [-0.1, -0.05) is 44.5 Å². The largest absolute Gasteiger partial charge is 0.405 e. The van der Waals surface area contributed by atoms with Crippen LogP contribution in [-0.4, -0.2) is 28.9 Å². The van der Waals surface area contributed by atoms with Crippen LogP contribution in [0.15, 0.2) is 30.5 Å². The Hall–Kier alpha value is -2.23. The molecule has 3 aromatic rings. The molecule has 0 saturated heterocycles. The van der Waals surface area contributed by atoms with Gasteiger partial charge >= 0.3 is 5.92 Å². The van der Waals surface area contributed by atoms with E-state index in [4.69, 9.17) is 16.0 Å². The molecule has 1 aromatic carbocycles. The summed E-state index contributed by atoms with van der Waals surface area (Å²) >= 11 is 6.05. The fourth-order valence-corrected chi connectivity index (χ4v) is 7.84. The van der Waals surface area contributed by atoms with Crippen LogP contribution >= 0.6 is 11.6 Å². The molecule has 0 bridgehead atoms. The molecule has 0 aliphatic carbocycles. The van der Waals surface area contributed by atoms with Crippen LogP contribution < -0.4 is 5.32 Å². The first-order chi connectivity index (χ1) is 16.8. The van der Waals surface area contributed by atoms with E-state index in [2.05, 4.69) is 20.3 Å². The highest BCUT2D eigenvalue weighted by Crippen LogP contribution is 2.46. The summed E-state index contributed by atoms with van der Waals surface area (Å²) in [6.45, 7) is 12.1. The highest BCUT2D eigenvalue weighted by atomic mass is 35.5. The van der Waals surface area contributed by atoms with Crippen LogP contribution in [0.4, 0.5) is 19.0 Å². The summed E-state index contributed by atoms with van der Waals surface area (Å²) < 4.78 is 53.8. The van der Waals surface area contributed by atoms with E-state index >= 15 is 13.2 Å². The fraction of sp³-hybridized carbons (Fsp3) is 0.500. The third kappa shape index (κ3) is 5.38. The Bertz CT molecular complexity index is 1230. The van der Waals surface area contributed by atoms with E-state index in [1.165, 1.54) is 32.2 Å². The molecule has 0 radical (unpaired) electrons. The first kappa shape index (κ1) is 28.3. The fourth-order valence-electron chi connectivity index (χ4n) is 4.54. The van der Waals surface area contributed by atoms with Gasteiger partial charge in [-0.05, 0) is 58.0 Å². The summed E-state index contributed by atoms with van der Waals surface area (Å²) in [5.74, 6) is -3.62. The number of nitrogens with zero attached hydrogens (tertiary/aromatic N) is 3. The molecule has 196 valence electrons. The number of fused-ring (bicyclic) bond motifs is 1. The molecule has 0 aliphatic heterocycles. The Morgan fingerprint density at radius 2 is 1.75 bits per heavy atom. The number of aryl methyl sites for hydroxylation is 1. The molecule has 0 saturated carbocycles. The van der Waals surface area contributed by atoms with Crippen LogP contribution in [0.5, 0.6) is 0 Å². The monoisotopic (exact) mass is 538 g/mol. The van der Waals surface area contributed by atoms with Gasteiger partial charge in [-0.2, -0.15) is 8.78 Å². The van der Waals surface area contributed by atoms with E-state index in [0.717, 1.165) is 24.2 Å². The van der Waals surface area contributed by atoms with Gasteiger partial charge in [-0.3, -0.25) is 0 Å². The quantitative estimate of drug-likeness (QED) is 0.208. The molecule has 0 spiro atoms. The number of halogens is 4. The van der Waals surface area contributed by atoms with Gasteiger partial charge in [0.15, 0.2) is 8.32 Å². The standard InChI is InChI=1S/C26H34ClF3N4OSi/c1-8-36(9-2,10-3)35-25(6,7)26(29,30)20-13-11-12-18(23(20)28)16(4)32-24-19-14-22(27)31-15-21(19)33-17(5)34-24/h11-16H,8-10H2,1-7H3,(H,32,33,34)/t16-/m1/s1. The SMILES string of the molecule is CC[Si](CC)(CC)OC(C)(C)C(F)(F)c1cccc([C@@H](C)Nc2nc(C)nc3cnc(Cl)cc23)c1F. The number of anilines is 1. The number of hydrogen-bond acceptors (Lipinski definition) is 5. The van der Waals surface area contributed by atoms with Crippen molar-refractivity contribution >= 4 is 36.6 Å². The van der Waals surface area contributed by atoms with Crippen LogP contribution in [0, 0.1) is 12.7 Å². The van der Waals surface area contributed by atoms with Crippen molar-refractivity contribution in [1.82, 2.24) is 15.0 Å². The van der Waals surface area contributed by atoms with Crippen LogP contribution in [0.2, 0.25) is 23.3 Å². The van der Waals surface area contributed by atoms with Crippen LogP contribution in [0.25, 0.3) is 10.9 Å². The van der Waals surface area contributed by atoms with Gasteiger partial charge in [-0.25, -0.2) is 19.3 Å². The van der Waals surface area contributed by atoms with Crippen molar-refractivity contribution < 1.29 is 17.6 Å². The van der Waals surface area contributed by atoms with Crippen LogP contribution in [0.3, 0.4) is 0 Å². The zero-order valence-corrected chi connectivity index (χ0v) is 23.6. The van der Waals surface area contributed by atoms with Crippen molar-refractivity contribution in [1.29, 1.82) is 0 Å². The lowest BCUT2D eigenvalue weighted by Crippen LogP contribution is -2.52. The molecule has 5 nitrogen and oxygen atoms in total. The molecule has 1 N–H and O–H groups in total. The molecule has 2 heterocycles. The van der Waals surface area contributed by atoms with Crippen LogP contribution in [0.1, 0.15) is 64.5 Å². The Morgan fingerprint density at radius 1 is 1.11 bits per heavy atom. The van der Waals surface area contributed by atoms with E-state index in [1.807, 2.05) is 20.8 Å². The van der Waals surface area contributed by atoms with Crippen molar-refractivity contribution in [3.63, 3.8) is 0 Å². The van der Waals surface area contributed by atoms with Gasteiger partial charge in [0.05, 0.1) is 23.3 Å². The van der Waals surface area contributed by atoms with Gasteiger partial charge in [0.25, 0.3) is 0 Å². The summed E-state index contributed by atoms with van der Waals surface area (Å²) in [6.07, 6.45) is 1.53. The van der Waals surface area contributed by atoms with E-state index in [0.29, 0.717) is 22.5 Å². The van der Waals surface area contributed by atoms with Crippen molar-refractivity contribution in [2.75, 3.05) is 5.32 Å².